The van der Waals surface area contributed by atoms with Crippen LogP contribution < -0.4 is 22.1 Å². The number of amides is 1. The summed E-state index contributed by atoms with van der Waals surface area (Å²) in [6.45, 7) is 0. The molecule has 164 valence electrons. The van der Waals surface area contributed by atoms with Gasteiger partial charge in [0.25, 0.3) is 0 Å². The van der Waals surface area contributed by atoms with E-state index < -0.39 is 11.9 Å². The van der Waals surface area contributed by atoms with Gasteiger partial charge in [0.05, 0.1) is 0 Å². The normalized spacial score (nSPS) is 11.8. The monoisotopic (exact) mass is 469 g/mol. The van der Waals surface area contributed by atoms with Crippen LogP contribution in [0.2, 0.25) is 10.0 Å². The minimum atomic E-state index is -0.874. The Kier molecular flexibility index (Phi) is 8.24. The molecular weight excluding hydrogens is 449 g/mol. The van der Waals surface area contributed by atoms with Crippen molar-refractivity contribution in [2.24, 2.45) is 0 Å². The zero-order valence-corrected chi connectivity index (χ0v) is 18.3. The molecule has 6 N–H and O–H groups in total. The van der Waals surface area contributed by atoms with Gasteiger partial charge in [-0.2, -0.15) is 0 Å². The highest BCUT2D eigenvalue weighted by molar-refractivity contribution is 6.31. The third-order valence-corrected chi connectivity index (χ3v) is 4.89. The zero-order chi connectivity index (χ0) is 22.9. The number of hydrogen-bond donors (Lipinski definition) is 5. The molecule has 3 aromatic carbocycles. The molecule has 1 amide bonds. The molecule has 3 aromatic rings. The van der Waals surface area contributed by atoms with Crippen molar-refractivity contribution >= 4 is 46.7 Å². The number of nitrogen functional groups attached to an aromatic ring is 1. The van der Waals surface area contributed by atoms with Crippen LogP contribution in [-0.2, 0) is 9.63 Å². The van der Waals surface area contributed by atoms with Crippen LogP contribution in [-0.4, -0.2) is 11.7 Å². The molecule has 1 unspecified atom stereocenters. The highest BCUT2D eigenvalue weighted by Gasteiger charge is 2.22. The van der Waals surface area contributed by atoms with Crippen molar-refractivity contribution in [1.29, 1.82) is 5.41 Å². The van der Waals surface area contributed by atoms with E-state index in [0.717, 1.165) is 0 Å². The first-order valence-electron chi connectivity index (χ1n) is 9.52. The van der Waals surface area contributed by atoms with Gasteiger partial charge < -0.3 is 15.9 Å². The molecule has 0 aliphatic carbocycles. The van der Waals surface area contributed by atoms with E-state index in [1.807, 2.05) is 6.07 Å². The van der Waals surface area contributed by atoms with Gasteiger partial charge in [0.2, 0.25) is 5.91 Å². The Morgan fingerprint density at radius 3 is 2.41 bits per heavy atom. The summed E-state index contributed by atoms with van der Waals surface area (Å²) in [5.41, 5.74) is 13.6. The Hall–Kier alpha value is -3.36. The first-order chi connectivity index (χ1) is 15.4. The second kappa shape index (κ2) is 11.3. The van der Waals surface area contributed by atoms with Gasteiger partial charge in [-0.1, -0.05) is 71.3 Å². The minimum Gasteiger partial charge on any atom is -0.402 e. The number of nitrogens with two attached hydrogens (primary N) is 1. The van der Waals surface area contributed by atoms with Crippen LogP contribution in [0.4, 0.5) is 5.69 Å². The summed E-state index contributed by atoms with van der Waals surface area (Å²) >= 11 is 11.9. The second-order valence-electron chi connectivity index (χ2n) is 6.66. The van der Waals surface area contributed by atoms with E-state index >= 15 is 0 Å². The molecule has 0 aromatic heterocycles. The van der Waals surface area contributed by atoms with Crippen LogP contribution in [0, 0.1) is 5.41 Å². The lowest BCUT2D eigenvalue weighted by molar-refractivity contribution is -0.123. The lowest BCUT2D eigenvalue weighted by atomic mass is 10.1. The maximum Gasteiger partial charge on any atom is 0.248 e. The summed E-state index contributed by atoms with van der Waals surface area (Å²) in [6, 6.07) is 19.8. The minimum absolute atomic E-state index is 0.0198. The first-order valence-corrected chi connectivity index (χ1v) is 10.3. The van der Waals surface area contributed by atoms with E-state index in [2.05, 4.69) is 16.3 Å². The summed E-state index contributed by atoms with van der Waals surface area (Å²) in [7, 11) is 0. The summed E-state index contributed by atoms with van der Waals surface area (Å²) in [6.07, 6.45) is 2.98. The Balaban J connectivity index is 1.65. The maximum absolute atomic E-state index is 12.9. The Morgan fingerprint density at radius 1 is 1.00 bits per heavy atom. The van der Waals surface area contributed by atoms with Gasteiger partial charge in [0, 0.05) is 26.9 Å². The lowest BCUT2D eigenvalue weighted by Gasteiger charge is -2.19. The fraction of sp³-hybridized carbons (Fsp3) is 0.0435. The number of halogens is 2. The van der Waals surface area contributed by atoms with Crippen LogP contribution in [0.5, 0.6) is 0 Å². The van der Waals surface area contributed by atoms with Crippen molar-refractivity contribution in [3.8, 4) is 0 Å². The van der Waals surface area contributed by atoms with Gasteiger partial charge in [-0.3, -0.25) is 10.2 Å². The largest absolute Gasteiger partial charge is 0.402 e. The van der Waals surface area contributed by atoms with Crippen molar-refractivity contribution in [2.45, 2.75) is 6.04 Å². The fourth-order valence-electron chi connectivity index (χ4n) is 2.75. The lowest BCUT2D eigenvalue weighted by Crippen LogP contribution is -2.45. The second-order valence-corrected chi connectivity index (χ2v) is 7.53. The summed E-state index contributed by atoms with van der Waals surface area (Å²) < 4.78 is 0. The van der Waals surface area contributed by atoms with Crippen molar-refractivity contribution in [1.82, 2.24) is 16.3 Å². The molecule has 0 spiro atoms. The molecule has 0 aliphatic heterocycles. The smallest absolute Gasteiger partial charge is 0.248 e. The first kappa shape index (κ1) is 23.3. The van der Waals surface area contributed by atoms with Gasteiger partial charge in [-0.25, -0.2) is 5.43 Å². The van der Waals surface area contributed by atoms with Gasteiger partial charge in [-0.15, -0.1) is 0 Å². The molecular formula is C23H21Cl2N5O2. The van der Waals surface area contributed by atoms with Crippen LogP contribution in [0.3, 0.4) is 0 Å². The molecule has 9 heteroatoms. The summed E-state index contributed by atoms with van der Waals surface area (Å²) in [5, 5.41) is 11.8. The number of carbonyl (C=O) groups excluding carboxylic acids is 1. The number of carbonyl (C=O) groups is 1. The van der Waals surface area contributed by atoms with Crippen LogP contribution in [0.1, 0.15) is 22.7 Å². The van der Waals surface area contributed by atoms with Crippen LogP contribution in [0.15, 0.2) is 79.1 Å². The van der Waals surface area contributed by atoms with Gasteiger partial charge in [0.1, 0.15) is 18.1 Å². The maximum atomic E-state index is 12.9. The van der Waals surface area contributed by atoms with E-state index in [4.69, 9.17) is 39.2 Å². The standard InChI is InChI=1S/C23H21Cl2N5O2/c24-18-8-6-15(7-9-18)21(23(31)28-22(27)16-4-2-1-3-5-16)29-30-32-13-12-17-14-19(25)10-11-20(17)26/h1-14,21,29-30H,26H2,(H2,27,28,31)/b13-12+. The van der Waals surface area contributed by atoms with E-state index in [9.17, 15) is 4.79 Å². The highest BCUT2D eigenvalue weighted by Crippen LogP contribution is 2.19. The van der Waals surface area contributed by atoms with Crippen LogP contribution >= 0.6 is 23.2 Å². The average molecular weight is 470 g/mol. The predicted molar refractivity (Wildman–Crippen MR) is 128 cm³/mol. The molecule has 0 bridgehead atoms. The number of anilines is 1. The van der Waals surface area contributed by atoms with Crippen molar-refractivity contribution < 1.29 is 9.63 Å². The number of hydrogen-bond acceptors (Lipinski definition) is 6. The van der Waals surface area contributed by atoms with Gasteiger partial charge in [0.15, 0.2) is 0 Å². The van der Waals surface area contributed by atoms with E-state index in [-0.39, 0.29) is 5.84 Å². The Bertz CT molecular complexity index is 1110. The topological polar surface area (TPSA) is 112 Å². The molecule has 0 heterocycles. The van der Waals surface area contributed by atoms with E-state index in [1.54, 1.807) is 72.8 Å². The number of benzene rings is 3. The van der Waals surface area contributed by atoms with Crippen molar-refractivity contribution in [3.63, 3.8) is 0 Å². The predicted octanol–water partition coefficient (Wildman–Crippen LogP) is 4.46. The van der Waals surface area contributed by atoms with Gasteiger partial charge >= 0.3 is 0 Å². The van der Waals surface area contributed by atoms with Gasteiger partial charge in [-0.05, 0) is 42.0 Å². The zero-order valence-electron chi connectivity index (χ0n) is 16.8. The number of amidine groups is 1. The van der Waals surface area contributed by atoms with E-state index in [0.29, 0.717) is 32.4 Å². The third kappa shape index (κ3) is 6.57. The Labute approximate surface area is 195 Å². The molecule has 32 heavy (non-hydrogen) atoms. The fourth-order valence-corrected chi connectivity index (χ4v) is 3.06. The number of rotatable bonds is 8. The van der Waals surface area contributed by atoms with E-state index in [1.165, 1.54) is 6.26 Å². The molecule has 0 saturated carbocycles. The molecule has 3 rings (SSSR count). The molecule has 0 saturated heterocycles. The third-order valence-electron chi connectivity index (χ3n) is 4.40. The quantitative estimate of drug-likeness (QED) is 0.0834. The molecule has 1 atom stereocenters. The molecule has 0 aliphatic rings. The van der Waals surface area contributed by atoms with Crippen molar-refractivity contribution in [3.05, 3.63) is 106 Å². The number of hydrazine groups is 1. The molecule has 0 radical (unpaired) electrons. The average Bonchev–Trinajstić information content (AvgIpc) is 2.79. The molecule has 0 fully saturated rings. The summed E-state index contributed by atoms with van der Waals surface area (Å²) in [5.74, 6) is -0.478. The molecule has 7 nitrogen and oxygen atoms in total. The highest BCUT2D eigenvalue weighted by atomic mass is 35.5. The van der Waals surface area contributed by atoms with Crippen LogP contribution in [0.25, 0.3) is 6.08 Å². The Morgan fingerprint density at radius 2 is 1.69 bits per heavy atom. The number of nitrogens with one attached hydrogen (secondary N) is 4. The van der Waals surface area contributed by atoms with Crippen molar-refractivity contribution in [2.75, 3.05) is 5.73 Å². The summed E-state index contributed by atoms with van der Waals surface area (Å²) in [4.78, 5) is 18.1. The SMILES string of the molecule is N=C(NC(=O)C(NNO/C=C/c1cc(Cl)ccc1N)c1ccc(Cl)cc1)c1ccccc1.